The van der Waals surface area contributed by atoms with Crippen molar-refractivity contribution in [2.75, 3.05) is 13.6 Å². The number of carbonyl (C=O) groups excluding carboxylic acids is 1. The number of nitrogens with zero attached hydrogens (tertiary/aromatic N) is 2. The molecule has 0 bridgehead atoms. The maximum atomic E-state index is 12.4. The first-order valence-electron chi connectivity index (χ1n) is 6.87. The third kappa shape index (κ3) is 3.12. The molecule has 1 aliphatic rings. The van der Waals surface area contributed by atoms with Gasteiger partial charge in [0.1, 0.15) is 5.84 Å². The second-order valence-electron chi connectivity index (χ2n) is 5.38. The molecule has 0 saturated carbocycles. The van der Waals surface area contributed by atoms with Crippen LogP contribution in [-0.4, -0.2) is 35.4 Å². The van der Waals surface area contributed by atoms with Crippen LogP contribution in [0.5, 0.6) is 0 Å². The summed E-state index contributed by atoms with van der Waals surface area (Å²) in [7, 11) is 1.75. The molecule has 0 radical (unpaired) electrons. The number of rotatable bonds is 4. The van der Waals surface area contributed by atoms with Crippen molar-refractivity contribution in [3.8, 4) is 0 Å². The summed E-state index contributed by atoms with van der Waals surface area (Å²) in [5.41, 5.74) is 6.88. The first kappa shape index (κ1) is 14.8. The summed E-state index contributed by atoms with van der Waals surface area (Å²) in [5.74, 6) is 0.000602. The molecule has 20 heavy (non-hydrogen) atoms. The Bertz CT molecular complexity index is 501. The Morgan fingerprint density at radius 1 is 1.55 bits per heavy atom. The minimum Gasteiger partial charge on any atom is -0.409 e. The highest BCUT2D eigenvalue weighted by Crippen LogP contribution is 2.30. The maximum absolute atomic E-state index is 12.4. The number of hydrogen-bond donors (Lipinski definition) is 2. The number of fused-ring (bicyclic) bond motifs is 1. The van der Waals surface area contributed by atoms with Gasteiger partial charge in [0.25, 0.3) is 5.91 Å². The first-order valence-corrected chi connectivity index (χ1v) is 7.69. The fourth-order valence-electron chi connectivity index (χ4n) is 2.47. The monoisotopic (exact) mass is 295 g/mol. The molecule has 0 spiro atoms. The van der Waals surface area contributed by atoms with Gasteiger partial charge in [-0.1, -0.05) is 12.1 Å². The maximum Gasteiger partial charge on any atom is 0.263 e. The van der Waals surface area contributed by atoms with E-state index >= 15 is 0 Å². The predicted octanol–water partition coefficient (Wildman–Crippen LogP) is 2.08. The molecule has 6 heteroatoms. The molecule has 1 amide bonds. The summed E-state index contributed by atoms with van der Waals surface area (Å²) in [6, 6.07) is 2.03. The highest BCUT2D eigenvalue weighted by molar-refractivity contribution is 7.14. The van der Waals surface area contributed by atoms with Crippen LogP contribution in [0.3, 0.4) is 0 Å². The Morgan fingerprint density at radius 3 is 2.90 bits per heavy atom. The molecule has 2 rings (SSSR count). The minimum atomic E-state index is -0.163. The Labute approximate surface area is 123 Å². The number of thiophene rings is 1. The van der Waals surface area contributed by atoms with Crippen LogP contribution < -0.4 is 5.73 Å². The van der Waals surface area contributed by atoms with Crippen molar-refractivity contribution in [2.24, 2.45) is 16.8 Å². The van der Waals surface area contributed by atoms with E-state index in [1.165, 1.54) is 23.3 Å². The van der Waals surface area contributed by atoms with Crippen molar-refractivity contribution in [2.45, 2.75) is 32.6 Å². The van der Waals surface area contributed by atoms with Crippen LogP contribution in [0, 0.1) is 5.92 Å². The van der Waals surface area contributed by atoms with Crippen LogP contribution in [0.2, 0.25) is 0 Å². The molecule has 1 heterocycles. The fraction of sp³-hybridized carbons (Fsp3) is 0.571. The number of aryl methyl sites for hydroxylation is 2. The lowest BCUT2D eigenvalue weighted by Crippen LogP contribution is -2.36. The lowest BCUT2D eigenvalue weighted by atomic mass is 9.99. The number of amidine groups is 1. The number of nitrogens with two attached hydrogens (primary N) is 1. The molecule has 0 fully saturated rings. The van der Waals surface area contributed by atoms with Crippen molar-refractivity contribution >= 4 is 23.1 Å². The number of carbonyl (C=O) groups is 1. The molecule has 1 unspecified atom stereocenters. The molecule has 1 aliphatic carbocycles. The van der Waals surface area contributed by atoms with Gasteiger partial charge in [-0.25, -0.2) is 0 Å². The van der Waals surface area contributed by atoms with Crippen LogP contribution >= 0.6 is 11.3 Å². The third-order valence-corrected chi connectivity index (χ3v) is 4.95. The Morgan fingerprint density at radius 2 is 2.25 bits per heavy atom. The van der Waals surface area contributed by atoms with Crippen LogP contribution in [0.4, 0.5) is 0 Å². The summed E-state index contributed by atoms with van der Waals surface area (Å²) in [6.45, 7) is 2.27. The molecule has 0 aromatic carbocycles. The molecule has 110 valence electrons. The summed E-state index contributed by atoms with van der Waals surface area (Å²) < 4.78 is 0. The van der Waals surface area contributed by atoms with Crippen LogP contribution in [0.25, 0.3) is 0 Å². The van der Waals surface area contributed by atoms with Gasteiger partial charge in [0.2, 0.25) is 0 Å². The van der Waals surface area contributed by atoms with E-state index in [-0.39, 0.29) is 17.7 Å². The summed E-state index contributed by atoms with van der Waals surface area (Å²) in [6.07, 6.45) is 4.62. The largest absolute Gasteiger partial charge is 0.409 e. The lowest BCUT2D eigenvalue weighted by molar-refractivity contribution is 0.0790. The average Bonchev–Trinajstić information content (AvgIpc) is 2.89. The smallest absolute Gasteiger partial charge is 0.263 e. The van der Waals surface area contributed by atoms with Crippen molar-refractivity contribution < 1.29 is 10.0 Å². The van der Waals surface area contributed by atoms with Gasteiger partial charge >= 0.3 is 0 Å². The highest BCUT2D eigenvalue weighted by Gasteiger charge is 2.21. The Balaban J connectivity index is 2.05. The van der Waals surface area contributed by atoms with Crippen molar-refractivity contribution in [1.82, 2.24) is 4.90 Å². The molecular formula is C14H21N3O2S. The van der Waals surface area contributed by atoms with E-state index in [0.29, 0.717) is 6.54 Å². The molecule has 3 N–H and O–H groups in total. The molecular weight excluding hydrogens is 274 g/mol. The lowest BCUT2D eigenvalue weighted by Gasteiger charge is -2.20. The van der Waals surface area contributed by atoms with E-state index in [9.17, 15) is 4.79 Å². The quantitative estimate of drug-likeness (QED) is 0.386. The molecule has 1 aromatic heterocycles. The zero-order chi connectivity index (χ0) is 14.7. The van der Waals surface area contributed by atoms with Gasteiger partial charge in [-0.05, 0) is 37.3 Å². The van der Waals surface area contributed by atoms with Crippen LogP contribution in [0.15, 0.2) is 11.2 Å². The second kappa shape index (κ2) is 6.26. The summed E-state index contributed by atoms with van der Waals surface area (Å²) in [5, 5.41) is 11.6. The molecule has 0 aliphatic heterocycles. The van der Waals surface area contributed by atoms with Gasteiger partial charge < -0.3 is 15.8 Å². The van der Waals surface area contributed by atoms with Gasteiger partial charge in [-0.15, -0.1) is 11.3 Å². The molecule has 1 aromatic rings. The normalized spacial score (nSPS) is 16.6. The Kier molecular flexibility index (Phi) is 4.65. The van der Waals surface area contributed by atoms with Crippen LogP contribution in [0.1, 0.15) is 39.9 Å². The average molecular weight is 295 g/mol. The van der Waals surface area contributed by atoms with E-state index in [1.54, 1.807) is 23.3 Å². The van der Waals surface area contributed by atoms with Crippen molar-refractivity contribution in [3.05, 3.63) is 21.4 Å². The van der Waals surface area contributed by atoms with Gasteiger partial charge in [0, 0.05) is 24.4 Å². The van der Waals surface area contributed by atoms with Crippen molar-refractivity contribution in [3.63, 3.8) is 0 Å². The number of hydrogen-bond acceptors (Lipinski definition) is 4. The number of oxime groups is 1. The third-order valence-electron chi connectivity index (χ3n) is 3.72. The SMILES string of the molecule is CC(CN(C)C(=O)c1cc2c(s1)CCCC2)C(N)=NO. The highest BCUT2D eigenvalue weighted by atomic mass is 32.1. The summed E-state index contributed by atoms with van der Waals surface area (Å²) in [4.78, 5) is 16.2. The zero-order valence-corrected chi connectivity index (χ0v) is 12.7. The molecule has 1 atom stereocenters. The minimum absolute atomic E-state index is 0.0157. The van der Waals surface area contributed by atoms with E-state index in [0.717, 1.165) is 17.7 Å². The standard InChI is InChI=1S/C14H21N3O2S/c1-9(13(15)16-19)8-17(2)14(18)12-7-10-5-3-4-6-11(10)20-12/h7,9,19H,3-6,8H2,1-2H3,(H2,15,16). The van der Waals surface area contributed by atoms with Gasteiger partial charge in [-0.2, -0.15) is 0 Å². The molecule has 0 saturated heterocycles. The summed E-state index contributed by atoms with van der Waals surface area (Å²) >= 11 is 1.61. The predicted molar refractivity (Wildman–Crippen MR) is 80.5 cm³/mol. The Hall–Kier alpha value is -1.56. The van der Waals surface area contributed by atoms with E-state index in [2.05, 4.69) is 5.16 Å². The number of amides is 1. The van der Waals surface area contributed by atoms with Gasteiger partial charge in [-0.3, -0.25) is 4.79 Å². The molecule has 5 nitrogen and oxygen atoms in total. The fourth-order valence-corrected chi connectivity index (χ4v) is 3.72. The van der Waals surface area contributed by atoms with Crippen LogP contribution in [-0.2, 0) is 12.8 Å². The van der Waals surface area contributed by atoms with Crippen molar-refractivity contribution in [1.29, 1.82) is 0 Å². The topological polar surface area (TPSA) is 78.9 Å². The second-order valence-corrected chi connectivity index (χ2v) is 6.51. The van der Waals surface area contributed by atoms with E-state index in [4.69, 9.17) is 10.9 Å². The van der Waals surface area contributed by atoms with Gasteiger partial charge in [0.15, 0.2) is 0 Å². The van der Waals surface area contributed by atoms with E-state index < -0.39 is 0 Å². The van der Waals surface area contributed by atoms with E-state index in [1.807, 2.05) is 13.0 Å². The first-order chi connectivity index (χ1) is 9.52. The zero-order valence-electron chi connectivity index (χ0n) is 11.9. The van der Waals surface area contributed by atoms with Gasteiger partial charge in [0.05, 0.1) is 4.88 Å².